The summed E-state index contributed by atoms with van der Waals surface area (Å²) in [4.78, 5) is 11.8. The van der Waals surface area contributed by atoms with Gasteiger partial charge >= 0.3 is 0 Å². The number of methoxy groups -OCH3 is 1. The Hall–Kier alpha value is -2.45. The van der Waals surface area contributed by atoms with Crippen LogP contribution in [0.3, 0.4) is 0 Å². The maximum absolute atomic E-state index is 12.8. The Morgan fingerprint density at radius 2 is 1.82 bits per heavy atom. The molecule has 116 valence electrons. The molecule has 1 amide bonds. The molecule has 0 atom stereocenters. The van der Waals surface area contributed by atoms with E-state index in [1.165, 1.54) is 37.4 Å². The molecule has 6 nitrogen and oxygen atoms in total. The van der Waals surface area contributed by atoms with Crippen molar-refractivity contribution >= 4 is 21.6 Å². The van der Waals surface area contributed by atoms with Crippen molar-refractivity contribution in [2.24, 2.45) is 5.14 Å². The van der Waals surface area contributed by atoms with Gasteiger partial charge in [0, 0.05) is 11.3 Å². The maximum Gasteiger partial charge on any atom is 0.255 e. The first kappa shape index (κ1) is 15.9. The molecule has 2 rings (SSSR count). The fourth-order valence-corrected chi connectivity index (χ4v) is 2.50. The summed E-state index contributed by atoms with van der Waals surface area (Å²) in [5, 5.41) is 7.60. The highest BCUT2D eigenvalue weighted by atomic mass is 32.2. The molecule has 0 aliphatic heterocycles. The van der Waals surface area contributed by atoms with E-state index in [-0.39, 0.29) is 21.9 Å². The van der Waals surface area contributed by atoms with Crippen LogP contribution in [-0.4, -0.2) is 21.4 Å². The molecule has 0 saturated carbocycles. The van der Waals surface area contributed by atoms with Gasteiger partial charge in [-0.3, -0.25) is 4.79 Å². The van der Waals surface area contributed by atoms with Gasteiger partial charge in [-0.05, 0) is 42.5 Å². The third-order valence-corrected chi connectivity index (χ3v) is 3.77. The summed E-state index contributed by atoms with van der Waals surface area (Å²) in [6.07, 6.45) is 0. The van der Waals surface area contributed by atoms with Crippen LogP contribution in [0.15, 0.2) is 47.4 Å². The number of amides is 1. The number of anilines is 1. The number of nitrogens with two attached hydrogens (primary N) is 1. The number of halogens is 1. The number of hydrogen-bond acceptors (Lipinski definition) is 4. The molecule has 0 fully saturated rings. The van der Waals surface area contributed by atoms with Gasteiger partial charge in [-0.25, -0.2) is 17.9 Å². The summed E-state index contributed by atoms with van der Waals surface area (Å²) >= 11 is 0. The first-order chi connectivity index (χ1) is 10.3. The summed E-state index contributed by atoms with van der Waals surface area (Å²) in [5.74, 6) is -0.898. The molecule has 0 spiro atoms. The average Bonchev–Trinajstić information content (AvgIpc) is 2.47. The predicted molar refractivity (Wildman–Crippen MR) is 78.7 cm³/mol. The molecule has 2 aromatic carbocycles. The zero-order chi connectivity index (χ0) is 16.3. The van der Waals surface area contributed by atoms with Crippen LogP contribution in [0.5, 0.6) is 5.75 Å². The predicted octanol–water partition coefficient (Wildman–Crippen LogP) is 1.73. The third-order valence-electron chi connectivity index (χ3n) is 2.83. The molecular weight excluding hydrogens is 311 g/mol. The highest BCUT2D eigenvalue weighted by Crippen LogP contribution is 2.26. The number of carbonyl (C=O) groups excluding carboxylic acids is 1. The summed E-state index contributed by atoms with van der Waals surface area (Å²) in [6, 6.07) is 8.96. The lowest BCUT2D eigenvalue weighted by Crippen LogP contribution is -2.15. The molecule has 8 heteroatoms. The van der Waals surface area contributed by atoms with Gasteiger partial charge in [0.15, 0.2) is 0 Å². The van der Waals surface area contributed by atoms with Gasteiger partial charge in [0.1, 0.15) is 16.5 Å². The third kappa shape index (κ3) is 3.60. The zero-order valence-corrected chi connectivity index (χ0v) is 12.4. The van der Waals surface area contributed by atoms with E-state index in [4.69, 9.17) is 9.88 Å². The molecule has 0 aliphatic carbocycles. The van der Waals surface area contributed by atoms with Crippen LogP contribution < -0.4 is 15.2 Å². The van der Waals surface area contributed by atoms with Gasteiger partial charge < -0.3 is 10.1 Å². The maximum atomic E-state index is 12.8. The Kier molecular flexibility index (Phi) is 4.43. The van der Waals surface area contributed by atoms with Crippen LogP contribution in [0.4, 0.5) is 10.1 Å². The SMILES string of the molecule is COc1ccc(NC(=O)c2ccc(F)cc2)cc1S(N)(=O)=O. The number of rotatable bonds is 4. The highest BCUT2D eigenvalue weighted by molar-refractivity contribution is 7.89. The van der Waals surface area contributed by atoms with E-state index in [2.05, 4.69) is 5.32 Å². The summed E-state index contributed by atoms with van der Waals surface area (Å²) in [5.41, 5.74) is 0.452. The second kappa shape index (κ2) is 6.12. The van der Waals surface area contributed by atoms with Crippen LogP contribution in [0.2, 0.25) is 0 Å². The van der Waals surface area contributed by atoms with Crippen molar-refractivity contribution in [3.8, 4) is 5.75 Å². The second-order valence-electron chi connectivity index (χ2n) is 4.37. The van der Waals surface area contributed by atoms with Crippen LogP contribution >= 0.6 is 0 Å². The summed E-state index contributed by atoms with van der Waals surface area (Å²) in [6.45, 7) is 0. The fraction of sp³-hybridized carbons (Fsp3) is 0.0714. The number of ether oxygens (including phenoxy) is 1. The number of hydrogen-bond donors (Lipinski definition) is 2. The molecule has 0 heterocycles. The molecule has 0 bridgehead atoms. The Morgan fingerprint density at radius 1 is 1.18 bits per heavy atom. The van der Waals surface area contributed by atoms with Crippen LogP contribution in [-0.2, 0) is 10.0 Å². The van der Waals surface area contributed by atoms with Crippen molar-refractivity contribution in [3.05, 3.63) is 53.8 Å². The highest BCUT2D eigenvalue weighted by Gasteiger charge is 2.16. The number of carbonyl (C=O) groups is 1. The minimum absolute atomic E-state index is 0.0716. The van der Waals surface area contributed by atoms with Crippen molar-refractivity contribution in [2.45, 2.75) is 4.90 Å². The minimum atomic E-state index is -4.00. The Morgan fingerprint density at radius 3 is 2.36 bits per heavy atom. The molecule has 3 N–H and O–H groups in total. The molecule has 0 saturated heterocycles. The van der Waals surface area contributed by atoms with Crippen molar-refractivity contribution in [2.75, 3.05) is 12.4 Å². The Labute approximate surface area is 126 Å². The lowest BCUT2D eigenvalue weighted by Gasteiger charge is -2.10. The first-order valence-corrected chi connectivity index (χ1v) is 7.63. The monoisotopic (exact) mass is 324 g/mol. The smallest absolute Gasteiger partial charge is 0.255 e. The second-order valence-corrected chi connectivity index (χ2v) is 5.90. The molecule has 0 radical (unpaired) electrons. The van der Waals surface area contributed by atoms with Crippen LogP contribution in [0, 0.1) is 5.82 Å². The lowest BCUT2D eigenvalue weighted by atomic mass is 10.2. The first-order valence-electron chi connectivity index (χ1n) is 6.09. The molecular formula is C14H13FN2O4S. The summed E-state index contributed by atoms with van der Waals surface area (Å²) in [7, 11) is -2.69. The molecule has 0 aromatic heterocycles. The Bertz CT molecular complexity index is 804. The minimum Gasteiger partial charge on any atom is -0.495 e. The molecule has 2 aromatic rings. The summed E-state index contributed by atoms with van der Waals surface area (Å²) < 4.78 is 40.7. The van der Waals surface area contributed by atoms with Crippen LogP contribution in [0.1, 0.15) is 10.4 Å². The van der Waals surface area contributed by atoms with Crippen molar-refractivity contribution in [1.82, 2.24) is 0 Å². The largest absolute Gasteiger partial charge is 0.495 e. The number of benzene rings is 2. The van der Waals surface area contributed by atoms with E-state index in [1.807, 2.05) is 0 Å². The van der Waals surface area contributed by atoms with Gasteiger partial charge in [-0.15, -0.1) is 0 Å². The lowest BCUT2D eigenvalue weighted by molar-refractivity contribution is 0.102. The zero-order valence-electron chi connectivity index (χ0n) is 11.5. The molecule has 0 aliphatic rings. The topological polar surface area (TPSA) is 98.5 Å². The quantitative estimate of drug-likeness (QED) is 0.895. The van der Waals surface area contributed by atoms with Crippen molar-refractivity contribution in [1.29, 1.82) is 0 Å². The van der Waals surface area contributed by atoms with Gasteiger partial charge in [-0.2, -0.15) is 0 Å². The van der Waals surface area contributed by atoms with E-state index < -0.39 is 21.7 Å². The normalized spacial score (nSPS) is 11.0. The number of sulfonamides is 1. The average molecular weight is 324 g/mol. The van der Waals surface area contributed by atoms with Gasteiger partial charge in [0.05, 0.1) is 7.11 Å². The van der Waals surface area contributed by atoms with E-state index in [1.54, 1.807) is 0 Å². The van der Waals surface area contributed by atoms with E-state index in [0.29, 0.717) is 0 Å². The fourth-order valence-electron chi connectivity index (χ4n) is 1.78. The van der Waals surface area contributed by atoms with Crippen molar-refractivity contribution in [3.63, 3.8) is 0 Å². The van der Waals surface area contributed by atoms with Gasteiger partial charge in [0.2, 0.25) is 10.0 Å². The molecule has 0 unspecified atom stereocenters. The molecule has 22 heavy (non-hydrogen) atoms. The Balaban J connectivity index is 2.30. The van der Waals surface area contributed by atoms with E-state index in [9.17, 15) is 17.6 Å². The van der Waals surface area contributed by atoms with Crippen LogP contribution in [0.25, 0.3) is 0 Å². The van der Waals surface area contributed by atoms with E-state index in [0.717, 1.165) is 12.1 Å². The van der Waals surface area contributed by atoms with Gasteiger partial charge in [0.25, 0.3) is 5.91 Å². The van der Waals surface area contributed by atoms with E-state index >= 15 is 0 Å². The standard InChI is InChI=1S/C14H13FN2O4S/c1-21-12-7-6-11(8-13(12)22(16,19)20)17-14(18)9-2-4-10(15)5-3-9/h2-8H,1H3,(H,17,18)(H2,16,19,20). The number of nitrogens with one attached hydrogen (secondary N) is 1. The van der Waals surface area contributed by atoms with Crippen molar-refractivity contribution < 1.29 is 22.3 Å². The number of primary sulfonamides is 1. The van der Waals surface area contributed by atoms with Gasteiger partial charge in [-0.1, -0.05) is 0 Å².